The number of nitrogens with zero attached hydrogens (tertiary/aromatic N) is 4. The first-order valence-electron chi connectivity index (χ1n) is 10.1. The number of piperazine rings is 1. The van der Waals surface area contributed by atoms with Gasteiger partial charge in [0.25, 0.3) is 5.91 Å². The van der Waals surface area contributed by atoms with E-state index < -0.39 is 0 Å². The minimum Gasteiger partial charge on any atom is -0.353 e. The lowest BCUT2D eigenvalue weighted by molar-refractivity contribution is 0.0796. The van der Waals surface area contributed by atoms with Gasteiger partial charge >= 0.3 is 0 Å². The molecule has 1 amide bonds. The average Bonchev–Trinajstić information content (AvgIpc) is 3.33. The normalized spacial score (nSPS) is 17.0. The van der Waals surface area contributed by atoms with E-state index in [2.05, 4.69) is 50.6 Å². The zero-order valence-corrected chi connectivity index (χ0v) is 18.4. The van der Waals surface area contributed by atoms with E-state index in [1.54, 1.807) is 11.5 Å². The maximum Gasteiger partial charge on any atom is 0.254 e. The van der Waals surface area contributed by atoms with Crippen LogP contribution in [0.3, 0.4) is 0 Å². The van der Waals surface area contributed by atoms with Crippen molar-refractivity contribution in [1.29, 1.82) is 0 Å². The van der Waals surface area contributed by atoms with Gasteiger partial charge in [-0.05, 0) is 35.3 Å². The van der Waals surface area contributed by atoms with Crippen LogP contribution in [-0.2, 0) is 6.54 Å². The summed E-state index contributed by atoms with van der Waals surface area (Å²) in [5.41, 5.74) is 1.99. The molecule has 0 aliphatic carbocycles. The summed E-state index contributed by atoms with van der Waals surface area (Å²) in [5, 5.41) is 1.27. The average molecular weight is 441 g/mol. The smallest absolute Gasteiger partial charge is 0.254 e. The van der Waals surface area contributed by atoms with Crippen molar-refractivity contribution in [3.8, 4) is 0 Å². The molecule has 1 aromatic heterocycles. The summed E-state index contributed by atoms with van der Waals surface area (Å²) in [7, 11) is 0. The molecular formula is C23H25ClN4OS. The zero-order chi connectivity index (χ0) is 19.6. The van der Waals surface area contributed by atoms with Crippen LogP contribution in [-0.4, -0.2) is 59.3 Å². The summed E-state index contributed by atoms with van der Waals surface area (Å²) < 4.78 is 5.94. The summed E-state index contributed by atoms with van der Waals surface area (Å²) in [4.78, 5) is 19.2. The molecule has 3 aromatic rings. The molecule has 0 atom stereocenters. The van der Waals surface area contributed by atoms with Crippen LogP contribution in [0.1, 0.15) is 15.9 Å². The van der Waals surface area contributed by atoms with Crippen LogP contribution in [0.2, 0.25) is 0 Å². The van der Waals surface area contributed by atoms with Crippen LogP contribution in [0.25, 0.3) is 10.1 Å². The van der Waals surface area contributed by atoms with Gasteiger partial charge in [0.1, 0.15) is 5.82 Å². The van der Waals surface area contributed by atoms with Gasteiger partial charge in [-0.1, -0.05) is 42.5 Å². The molecule has 0 bridgehead atoms. The Morgan fingerprint density at radius 2 is 1.67 bits per heavy atom. The number of fused-ring (bicyclic) bond motifs is 2. The van der Waals surface area contributed by atoms with E-state index in [1.165, 1.54) is 10.1 Å². The SMILES string of the molecule is Cl.O=C1c2ccccc2CN1CC=CCN1CCN(c2nsc3ccccc23)CC1. The fourth-order valence-electron chi connectivity index (χ4n) is 4.13. The Hall–Kier alpha value is -2.41. The highest BCUT2D eigenvalue weighted by atomic mass is 35.5. The maximum atomic E-state index is 12.4. The van der Waals surface area contributed by atoms with E-state index >= 15 is 0 Å². The van der Waals surface area contributed by atoms with Crippen LogP contribution < -0.4 is 4.90 Å². The topological polar surface area (TPSA) is 39.7 Å². The van der Waals surface area contributed by atoms with Crippen molar-refractivity contribution in [2.24, 2.45) is 0 Å². The lowest BCUT2D eigenvalue weighted by atomic mass is 10.1. The Labute approximate surface area is 187 Å². The second-order valence-corrected chi connectivity index (χ2v) is 8.41. The molecule has 0 unspecified atom stereocenters. The predicted molar refractivity (Wildman–Crippen MR) is 126 cm³/mol. The number of carbonyl (C=O) groups is 1. The maximum absolute atomic E-state index is 12.4. The Kier molecular flexibility index (Phi) is 6.37. The fraction of sp³-hybridized carbons (Fsp3) is 0.304. The van der Waals surface area contributed by atoms with Gasteiger partial charge in [-0.3, -0.25) is 9.69 Å². The highest BCUT2D eigenvalue weighted by molar-refractivity contribution is 7.13. The van der Waals surface area contributed by atoms with Crippen LogP contribution in [0.5, 0.6) is 0 Å². The number of hydrogen-bond donors (Lipinski definition) is 0. The van der Waals surface area contributed by atoms with Gasteiger partial charge in [0, 0.05) is 56.8 Å². The first-order valence-corrected chi connectivity index (χ1v) is 10.9. The minimum absolute atomic E-state index is 0. The second-order valence-electron chi connectivity index (χ2n) is 7.60. The number of hydrogen-bond acceptors (Lipinski definition) is 5. The molecule has 2 aliphatic rings. The molecule has 156 valence electrons. The summed E-state index contributed by atoms with van der Waals surface area (Å²) >= 11 is 1.58. The van der Waals surface area contributed by atoms with Gasteiger partial charge in [0.05, 0.1) is 4.70 Å². The van der Waals surface area contributed by atoms with Crippen molar-refractivity contribution in [3.63, 3.8) is 0 Å². The molecule has 1 saturated heterocycles. The largest absolute Gasteiger partial charge is 0.353 e. The van der Waals surface area contributed by atoms with E-state index in [0.717, 1.165) is 56.2 Å². The fourth-order valence-corrected chi connectivity index (χ4v) is 4.93. The van der Waals surface area contributed by atoms with Crippen LogP contribution in [0.15, 0.2) is 60.7 Å². The summed E-state index contributed by atoms with van der Waals surface area (Å²) in [6.45, 7) is 6.40. The molecular weight excluding hydrogens is 416 g/mol. The zero-order valence-electron chi connectivity index (χ0n) is 16.7. The van der Waals surface area contributed by atoms with Crippen molar-refractivity contribution in [1.82, 2.24) is 14.2 Å². The minimum atomic E-state index is 0. The summed E-state index contributed by atoms with van der Waals surface area (Å²) in [6.07, 6.45) is 4.33. The molecule has 0 spiro atoms. The lowest BCUT2D eigenvalue weighted by Crippen LogP contribution is -2.46. The summed E-state index contributed by atoms with van der Waals surface area (Å²) in [5.74, 6) is 1.28. The van der Waals surface area contributed by atoms with Gasteiger partial charge < -0.3 is 9.80 Å². The van der Waals surface area contributed by atoms with Gasteiger partial charge in [-0.25, -0.2) is 0 Å². The monoisotopic (exact) mass is 440 g/mol. The summed E-state index contributed by atoms with van der Waals surface area (Å²) in [6, 6.07) is 16.4. The molecule has 5 rings (SSSR count). The molecule has 5 nitrogen and oxygen atoms in total. The second kappa shape index (κ2) is 9.16. The third kappa shape index (κ3) is 4.08. The molecule has 1 fully saturated rings. The van der Waals surface area contributed by atoms with E-state index in [-0.39, 0.29) is 18.3 Å². The van der Waals surface area contributed by atoms with Crippen LogP contribution in [0, 0.1) is 0 Å². The van der Waals surface area contributed by atoms with E-state index in [4.69, 9.17) is 0 Å². The Bertz CT molecular complexity index is 1060. The Morgan fingerprint density at radius 1 is 0.933 bits per heavy atom. The van der Waals surface area contributed by atoms with Crippen molar-refractivity contribution in [2.75, 3.05) is 44.2 Å². The van der Waals surface area contributed by atoms with Crippen molar-refractivity contribution in [3.05, 3.63) is 71.8 Å². The van der Waals surface area contributed by atoms with E-state index in [1.807, 2.05) is 29.2 Å². The number of carbonyl (C=O) groups excluding carboxylic acids is 1. The quantitative estimate of drug-likeness (QED) is 0.561. The molecule has 30 heavy (non-hydrogen) atoms. The number of anilines is 1. The van der Waals surface area contributed by atoms with Gasteiger partial charge in [0.2, 0.25) is 0 Å². The lowest BCUT2D eigenvalue weighted by Gasteiger charge is -2.34. The Morgan fingerprint density at radius 3 is 2.50 bits per heavy atom. The first kappa shape index (κ1) is 20.8. The first-order chi connectivity index (χ1) is 14.3. The molecule has 2 aliphatic heterocycles. The number of aromatic nitrogens is 1. The Balaban J connectivity index is 0.00000218. The van der Waals surface area contributed by atoms with Crippen molar-refractivity contribution in [2.45, 2.75) is 6.54 Å². The highest BCUT2D eigenvalue weighted by Crippen LogP contribution is 2.29. The van der Waals surface area contributed by atoms with Gasteiger partial charge in [0.15, 0.2) is 0 Å². The number of amides is 1. The predicted octanol–water partition coefficient (Wildman–Crippen LogP) is 4.05. The molecule has 7 heteroatoms. The molecule has 0 N–H and O–H groups in total. The third-order valence-electron chi connectivity index (χ3n) is 5.78. The van der Waals surface area contributed by atoms with E-state index in [0.29, 0.717) is 6.54 Å². The van der Waals surface area contributed by atoms with Gasteiger partial charge in [-0.15, -0.1) is 12.4 Å². The third-order valence-corrected chi connectivity index (χ3v) is 6.60. The highest BCUT2D eigenvalue weighted by Gasteiger charge is 2.25. The van der Waals surface area contributed by atoms with Crippen molar-refractivity contribution < 1.29 is 4.79 Å². The molecule has 2 aromatic carbocycles. The number of rotatable bonds is 5. The standard InChI is InChI=1S/C23H24N4OS.ClH/c28-23-19-8-2-1-7-18(19)17-27(23)12-6-5-11-25-13-15-26(16-14-25)22-20-9-3-4-10-21(20)29-24-22;/h1-10H,11-17H2;1H. The van der Waals surface area contributed by atoms with Gasteiger partial charge in [-0.2, -0.15) is 4.37 Å². The number of benzene rings is 2. The van der Waals surface area contributed by atoms with Crippen LogP contribution in [0.4, 0.5) is 5.82 Å². The molecule has 3 heterocycles. The molecule has 0 saturated carbocycles. The molecule has 0 radical (unpaired) electrons. The number of halogens is 1. The van der Waals surface area contributed by atoms with Crippen LogP contribution >= 0.6 is 23.9 Å². The van der Waals surface area contributed by atoms with Crippen molar-refractivity contribution >= 4 is 45.8 Å². The van der Waals surface area contributed by atoms with E-state index in [9.17, 15) is 4.79 Å².